The normalized spacial score (nSPS) is 17.6. The van der Waals surface area contributed by atoms with Gasteiger partial charge in [0.25, 0.3) is 0 Å². The molecular weight excluding hydrogens is 2000 g/mol. The van der Waals surface area contributed by atoms with E-state index in [-0.39, 0.29) is 12.2 Å². The Kier molecular flexibility index (Phi) is 27.1. The zero-order chi connectivity index (χ0) is 98.7. The SMILES string of the molecule is C1=NCC2=C1c1nc(Nc3ncccn3)sc1C2.C1=NCC2=C1c1nc(Nc3ncccn3)sc1COC2.Cc1ccnc(Nc2nc3c(s2)COC(C)C2=C3C=NC2)n1.Cc1ccnc(Nc2nc3c(s2)COCC2=C3C=NC2)n1.Cc1ccnc(Nc2nc3c(s2)CO[C@H](C)c2[nH]ncc2-3)n1.Fc1cnc(Nc2nc3c(s2)C2(CC2)CC2=C3C=NC2)nc1.Fc1cnc(Nc2nc3c(s2)COCC2=C3C=NC2)nc1. The molecule has 0 amide bonds. The molecule has 15 aromatic heterocycles. The number of aromatic amines is 1. The molecule has 41 nitrogen and oxygen atoms in total. The molecule has 15 aromatic rings. The number of hydrogen-bond acceptors (Lipinski definition) is 47. The molecule has 1 unspecified atom stereocenters. The smallest absolute Gasteiger partial charge is 0.229 e. The number of rotatable bonds is 14. The molecule has 11 aliphatic heterocycles. The monoisotopic (exact) mass is 2080 g/mol. The number of aryl methyl sites for hydroxylation is 3. The van der Waals surface area contributed by atoms with E-state index in [0.29, 0.717) is 118 Å². The maximum Gasteiger partial charge on any atom is 0.229 e. The number of thiazole rings is 7. The van der Waals surface area contributed by atoms with Crippen LogP contribution in [0.2, 0.25) is 0 Å². The van der Waals surface area contributed by atoms with Crippen LogP contribution >= 0.6 is 79.4 Å². The van der Waals surface area contributed by atoms with Gasteiger partial charge in [0.15, 0.2) is 47.6 Å². The summed E-state index contributed by atoms with van der Waals surface area (Å²) >= 11 is 11.1. The van der Waals surface area contributed by atoms with Crippen LogP contribution in [0.4, 0.5) is 86.3 Å². The summed E-state index contributed by atoms with van der Waals surface area (Å²) in [7, 11) is 0. The second-order valence-corrected chi connectivity index (χ2v) is 42.0. The second-order valence-electron chi connectivity index (χ2n) is 34.5. The van der Waals surface area contributed by atoms with Crippen molar-refractivity contribution in [3.8, 4) is 11.3 Å². The van der Waals surface area contributed by atoms with Crippen LogP contribution in [-0.2, 0) is 68.6 Å². The molecule has 0 aromatic carbocycles. The van der Waals surface area contributed by atoms with E-state index in [1.165, 1.54) is 72.9 Å². The molecule has 1 spiro atoms. The van der Waals surface area contributed by atoms with Crippen molar-refractivity contribution < 1.29 is 32.5 Å². The van der Waals surface area contributed by atoms with Gasteiger partial charge in [0.2, 0.25) is 41.6 Å². The third-order valence-corrected chi connectivity index (χ3v) is 31.3. The van der Waals surface area contributed by atoms with E-state index < -0.39 is 11.6 Å². The Balaban J connectivity index is 0.0000000940. The summed E-state index contributed by atoms with van der Waals surface area (Å²) < 4.78 is 54.4. The summed E-state index contributed by atoms with van der Waals surface area (Å²) in [6.07, 6.45) is 34.4. The number of nitrogens with zero attached hydrogens (tertiary/aromatic N) is 28. The summed E-state index contributed by atoms with van der Waals surface area (Å²) in [5.41, 5.74) is 26.2. The Bertz CT molecular complexity index is 7930. The van der Waals surface area contributed by atoms with Gasteiger partial charge in [-0.3, -0.25) is 35.1 Å². The van der Waals surface area contributed by atoms with Crippen molar-refractivity contribution in [3.63, 3.8) is 0 Å². The standard InChI is InChI=1S/C15H12FN5S.C15H15N5OS.C14H14N6OS.C14H13N5OS.C13H10FN5OS.C13H11N5OS.C12H9N5S/c16-9-5-18-13(19-6-9)21-14-20-11-10-7-17-4-8(10)3-15(1-2-15)12(11)22-14;1-8-3-4-17-14(18-8)20-15-19-13-11-6-16-5-10(11)9(2)21-7-12(13)22-15;1-7-3-4-15-13(17-7)19-14-18-12-9-5-16-20-11(9)8(2)21-6-10(12)22-14;1-8-2-3-16-13(17-8)19-14-18-12-10-5-15-4-9(10)6-20-7-11(12)21-14;14-8-2-16-12(17-3-8)19-13-18-11-9-4-15-1-7(9)5-20-6-10(11)21-13;1-2-15-12(16-3-1)18-13-17-11-9-5-14-4-8(9)6-19-7-10(11)20-13;1-2-14-11(15-3-1)17-12-16-10-8-6-13-5-7(8)4-9(10)18-12/h5-7H,1-4H2,(H,18,19,20,21);3-4,6,9H,5,7H2,1-2H3,(H,17,18,19,20);3-5,8H,6H2,1-2H3,(H,16,20)(H,15,17,18,19);2-3,5H,4,6-7H2,1H3,(H,16,17,18,19);2-4H,1,5-6H2,(H,16,17,18,19);1-3,5H,4,6-7H2,(H,15,16,17,18);1-3,6H,4-5H2,(H,14,15,16,17)/t;;8-;;;;/m..1..../s1. The summed E-state index contributed by atoms with van der Waals surface area (Å²) in [4.78, 5) is 124. The van der Waals surface area contributed by atoms with E-state index >= 15 is 0 Å². The van der Waals surface area contributed by atoms with Crippen LogP contribution in [0.5, 0.6) is 0 Å². The van der Waals surface area contributed by atoms with Crippen molar-refractivity contribution >= 4 is 228 Å². The van der Waals surface area contributed by atoms with Crippen LogP contribution in [0.25, 0.3) is 44.7 Å². The highest BCUT2D eigenvalue weighted by Gasteiger charge is 2.52. The van der Waals surface area contributed by atoms with Crippen LogP contribution < -0.4 is 37.2 Å². The van der Waals surface area contributed by atoms with Gasteiger partial charge >= 0.3 is 0 Å². The highest BCUT2D eigenvalue weighted by molar-refractivity contribution is 7.18. The molecule has 29 rings (SSSR count). The lowest BCUT2D eigenvalue weighted by molar-refractivity contribution is 0.0537. The Morgan fingerprint density at radius 1 is 0.329 bits per heavy atom. The maximum atomic E-state index is 12.9. The molecule has 1 fully saturated rings. The van der Waals surface area contributed by atoms with E-state index in [2.05, 4.69) is 179 Å². The third-order valence-electron chi connectivity index (χ3n) is 24.4. The highest BCUT2D eigenvalue weighted by Crippen LogP contribution is 2.61. The number of nitrogens with one attached hydrogen (secondary N) is 8. The number of fused-ring (bicyclic) bond motifs is 16. The molecule has 146 heavy (non-hydrogen) atoms. The molecule has 50 heteroatoms. The second kappa shape index (κ2) is 41.9. The zero-order valence-corrected chi connectivity index (χ0v) is 84.1. The summed E-state index contributed by atoms with van der Waals surface area (Å²) in [5, 5.41) is 34.3. The minimum atomic E-state index is -0.471. The number of aliphatic imine (C=N–C) groups is 6. The molecule has 734 valence electrons. The summed E-state index contributed by atoms with van der Waals surface area (Å²) in [5.74, 6) is 2.57. The van der Waals surface area contributed by atoms with Gasteiger partial charge in [-0.1, -0.05) is 56.7 Å². The summed E-state index contributed by atoms with van der Waals surface area (Å²) in [6, 6.07) is 9.15. The lowest BCUT2D eigenvalue weighted by atomic mass is 9.85. The highest BCUT2D eigenvalue weighted by atomic mass is 32.1. The van der Waals surface area contributed by atoms with Crippen molar-refractivity contribution in [2.24, 2.45) is 30.0 Å². The van der Waals surface area contributed by atoms with Crippen molar-refractivity contribution in [2.75, 3.05) is 96.3 Å². The third kappa shape index (κ3) is 21.0. The Morgan fingerprint density at radius 2 is 0.664 bits per heavy atom. The predicted octanol–water partition coefficient (Wildman–Crippen LogP) is 17.5. The van der Waals surface area contributed by atoms with E-state index in [4.69, 9.17) is 33.7 Å². The van der Waals surface area contributed by atoms with Gasteiger partial charge in [0.05, 0.1) is 205 Å². The fourth-order valence-corrected chi connectivity index (χ4v) is 23.9. The molecule has 26 heterocycles. The van der Waals surface area contributed by atoms with Gasteiger partial charge in [0, 0.05) is 158 Å². The molecular formula is C96H84F2N36O5S7. The molecule has 3 aliphatic carbocycles. The van der Waals surface area contributed by atoms with Crippen molar-refractivity contribution in [3.05, 3.63) is 241 Å². The topological polar surface area (TPSA) is 504 Å². The number of halogens is 2. The van der Waals surface area contributed by atoms with Gasteiger partial charge < -0.3 is 60.9 Å². The number of ether oxygens (including phenoxy) is 5. The van der Waals surface area contributed by atoms with Crippen LogP contribution in [0.3, 0.4) is 0 Å². The van der Waals surface area contributed by atoms with Gasteiger partial charge in [0.1, 0.15) is 0 Å². The zero-order valence-electron chi connectivity index (χ0n) is 78.3. The number of anilines is 14. The Hall–Kier alpha value is -15.1. The summed E-state index contributed by atoms with van der Waals surface area (Å²) in [6.45, 7) is 19.0. The lowest BCUT2D eigenvalue weighted by Gasteiger charge is -2.21. The Labute approximate surface area is 858 Å². The molecule has 2 atom stereocenters. The number of allylic oxidation sites excluding steroid dienone is 6. The Morgan fingerprint density at radius 3 is 1.11 bits per heavy atom. The first-order valence-corrected chi connectivity index (χ1v) is 51.9. The fourth-order valence-electron chi connectivity index (χ4n) is 17.2. The molecule has 0 saturated heterocycles. The molecule has 14 aliphatic rings. The van der Waals surface area contributed by atoms with Gasteiger partial charge in [-0.25, -0.2) is 113 Å². The van der Waals surface area contributed by atoms with Gasteiger partial charge in [-0.05, 0) is 118 Å². The van der Waals surface area contributed by atoms with Crippen LogP contribution in [0.15, 0.2) is 168 Å². The van der Waals surface area contributed by atoms with Crippen molar-refractivity contribution in [1.82, 2.24) is 115 Å². The lowest BCUT2D eigenvalue weighted by Crippen LogP contribution is -2.14. The predicted molar refractivity (Wildman–Crippen MR) is 561 cm³/mol. The minimum Gasteiger partial charge on any atom is -0.371 e. The fraction of sp³-hybridized carbons (Fsp3) is 0.271. The van der Waals surface area contributed by atoms with Crippen LogP contribution in [-0.4, -0.2) is 217 Å². The maximum absolute atomic E-state index is 12.9. The van der Waals surface area contributed by atoms with E-state index in [1.807, 2.05) is 83.2 Å². The van der Waals surface area contributed by atoms with E-state index in [9.17, 15) is 8.78 Å². The molecule has 0 bridgehead atoms. The largest absolute Gasteiger partial charge is 0.371 e. The van der Waals surface area contributed by atoms with Crippen molar-refractivity contribution in [1.29, 1.82) is 0 Å². The number of aromatic nitrogens is 23. The number of H-pyrrole nitrogens is 1. The number of hydrogen-bond donors (Lipinski definition) is 8. The average Bonchev–Trinajstić information content (AvgIpc) is 1.55. The van der Waals surface area contributed by atoms with Crippen LogP contribution in [0.1, 0.15) is 130 Å². The quantitative estimate of drug-likeness (QED) is 0.0501. The van der Waals surface area contributed by atoms with E-state index in [1.54, 1.807) is 130 Å². The van der Waals surface area contributed by atoms with Gasteiger partial charge in [-0.15, -0.1) is 22.7 Å². The van der Waals surface area contributed by atoms with E-state index in [0.717, 1.165) is 215 Å². The average molecular weight is 2080 g/mol. The van der Waals surface area contributed by atoms with Gasteiger partial charge in [-0.2, -0.15) is 5.10 Å². The molecule has 8 N–H and O–H groups in total. The molecule has 0 radical (unpaired) electrons. The first kappa shape index (κ1) is 94.5. The van der Waals surface area contributed by atoms with Crippen molar-refractivity contribution in [2.45, 2.75) is 111 Å². The van der Waals surface area contributed by atoms with Crippen LogP contribution in [0, 0.1) is 32.4 Å². The molecule has 1 saturated carbocycles. The first-order chi connectivity index (χ1) is 71.5. The first-order valence-electron chi connectivity index (χ1n) is 46.1. The minimum absolute atomic E-state index is 0.0181.